The van der Waals surface area contributed by atoms with Gasteiger partial charge in [-0.25, -0.2) is 0 Å². The summed E-state index contributed by atoms with van der Waals surface area (Å²) in [5.41, 5.74) is 1.20. The fourth-order valence-corrected chi connectivity index (χ4v) is 2.74. The normalized spacial score (nSPS) is 17.3. The lowest BCUT2D eigenvalue weighted by atomic mass is 9.96. The van der Waals surface area contributed by atoms with Gasteiger partial charge < -0.3 is 10.4 Å². The third-order valence-corrected chi connectivity index (χ3v) is 3.98. The summed E-state index contributed by atoms with van der Waals surface area (Å²) >= 11 is 0. The first-order valence-electron chi connectivity index (χ1n) is 7.38. The summed E-state index contributed by atoms with van der Waals surface area (Å²) in [6.45, 7) is 8.91. The molecule has 106 valence electrons. The number of aromatic hydroxyl groups is 1. The molecule has 0 aliphatic carbocycles. The number of rotatable bonds is 5. The van der Waals surface area contributed by atoms with Crippen LogP contribution < -0.4 is 5.32 Å². The molecule has 0 spiro atoms. The summed E-state index contributed by atoms with van der Waals surface area (Å²) in [5.74, 6) is 1.17. The number of hydrogen-bond acceptors (Lipinski definition) is 3. The standard InChI is InChI=1S/C16H26N2O/c1-13(2)18(11-14-6-8-17-9-7-14)12-15-4-3-5-16(19)10-15/h3-5,10,13-14,17,19H,6-9,11-12H2,1-2H3. The zero-order chi connectivity index (χ0) is 13.7. The van der Waals surface area contributed by atoms with Gasteiger partial charge in [-0.2, -0.15) is 0 Å². The van der Waals surface area contributed by atoms with Crippen molar-refractivity contribution in [3.8, 4) is 5.75 Å². The largest absolute Gasteiger partial charge is 0.508 e. The molecule has 3 nitrogen and oxygen atoms in total. The molecule has 0 aromatic heterocycles. The third kappa shape index (κ3) is 4.51. The Morgan fingerprint density at radius 2 is 2.05 bits per heavy atom. The lowest BCUT2D eigenvalue weighted by Gasteiger charge is -2.32. The van der Waals surface area contributed by atoms with E-state index in [9.17, 15) is 5.11 Å². The van der Waals surface area contributed by atoms with E-state index in [1.165, 1.54) is 18.4 Å². The fourth-order valence-electron chi connectivity index (χ4n) is 2.74. The van der Waals surface area contributed by atoms with Crippen molar-refractivity contribution < 1.29 is 5.11 Å². The minimum Gasteiger partial charge on any atom is -0.508 e. The van der Waals surface area contributed by atoms with Crippen LogP contribution in [0.4, 0.5) is 0 Å². The molecule has 1 aromatic rings. The highest BCUT2D eigenvalue weighted by Crippen LogP contribution is 2.19. The second-order valence-electron chi connectivity index (χ2n) is 5.89. The van der Waals surface area contributed by atoms with E-state index < -0.39 is 0 Å². The fraction of sp³-hybridized carbons (Fsp3) is 0.625. The number of phenols is 1. The van der Waals surface area contributed by atoms with Crippen molar-refractivity contribution in [3.63, 3.8) is 0 Å². The number of nitrogens with zero attached hydrogens (tertiary/aromatic N) is 1. The van der Waals surface area contributed by atoms with Crippen LogP contribution in [-0.2, 0) is 6.54 Å². The van der Waals surface area contributed by atoms with Crippen molar-refractivity contribution in [1.29, 1.82) is 0 Å². The van der Waals surface area contributed by atoms with Crippen LogP contribution in [0.25, 0.3) is 0 Å². The van der Waals surface area contributed by atoms with E-state index in [0.717, 1.165) is 32.1 Å². The Balaban J connectivity index is 1.95. The molecule has 3 heteroatoms. The van der Waals surface area contributed by atoms with Crippen molar-refractivity contribution in [2.45, 2.75) is 39.3 Å². The van der Waals surface area contributed by atoms with Gasteiger partial charge in [-0.1, -0.05) is 12.1 Å². The Labute approximate surface area is 116 Å². The average molecular weight is 262 g/mol. The smallest absolute Gasteiger partial charge is 0.115 e. The lowest BCUT2D eigenvalue weighted by molar-refractivity contribution is 0.161. The molecule has 0 unspecified atom stereocenters. The molecule has 0 atom stereocenters. The first kappa shape index (κ1) is 14.4. The molecule has 1 fully saturated rings. The second-order valence-corrected chi connectivity index (χ2v) is 5.89. The number of benzene rings is 1. The highest BCUT2D eigenvalue weighted by Gasteiger charge is 2.19. The van der Waals surface area contributed by atoms with Crippen molar-refractivity contribution in [1.82, 2.24) is 10.2 Å². The van der Waals surface area contributed by atoms with Crippen LogP contribution in [0.15, 0.2) is 24.3 Å². The Morgan fingerprint density at radius 3 is 2.68 bits per heavy atom. The average Bonchev–Trinajstić information content (AvgIpc) is 2.39. The molecule has 1 saturated heterocycles. The zero-order valence-corrected chi connectivity index (χ0v) is 12.1. The Hall–Kier alpha value is -1.06. The SMILES string of the molecule is CC(C)N(Cc1cccc(O)c1)CC1CCNCC1. The van der Waals surface area contributed by atoms with Crippen LogP contribution >= 0.6 is 0 Å². The predicted molar refractivity (Wildman–Crippen MR) is 79.2 cm³/mol. The van der Waals surface area contributed by atoms with E-state index >= 15 is 0 Å². The summed E-state index contributed by atoms with van der Waals surface area (Å²) in [4.78, 5) is 2.52. The number of piperidine rings is 1. The van der Waals surface area contributed by atoms with Crippen molar-refractivity contribution in [2.75, 3.05) is 19.6 Å². The number of phenolic OH excluding ortho intramolecular Hbond substituents is 1. The molecule has 0 saturated carbocycles. The lowest BCUT2D eigenvalue weighted by Crippen LogP contribution is -2.39. The summed E-state index contributed by atoms with van der Waals surface area (Å²) in [7, 11) is 0. The predicted octanol–water partition coefficient (Wildman–Crippen LogP) is 2.60. The van der Waals surface area contributed by atoms with Gasteiger partial charge in [0.15, 0.2) is 0 Å². The van der Waals surface area contributed by atoms with Gasteiger partial charge in [0.2, 0.25) is 0 Å². The Kier molecular flexibility index (Phi) is 5.23. The van der Waals surface area contributed by atoms with E-state index in [2.05, 4.69) is 30.1 Å². The maximum atomic E-state index is 9.56. The Morgan fingerprint density at radius 1 is 1.32 bits per heavy atom. The highest BCUT2D eigenvalue weighted by atomic mass is 16.3. The summed E-state index contributed by atoms with van der Waals surface area (Å²) in [6.07, 6.45) is 2.56. The molecule has 2 N–H and O–H groups in total. The molecular formula is C16H26N2O. The summed E-state index contributed by atoms with van der Waals surface area (Å²) < 4.78 is 0. The van der Waals surface area contributed by atoms with E-state index in [4.69, 9.17) is 0 Å². The van der Waals surface area contributed by atoms with Crippen LogP contribution in [0.3, 0.4) is 0 Å². The molecule has 0 radical (unpaired) electrons. The minimum absolute atomic E-state index is 0.364. The molecule has 1 aliphatic rings. The van der Waals surface area contributed by atoms with Crippen LogP contribution in [0.1, 0.15) is 32.3 Å². The monoisotopic (exact) mass is 262 g/mol. The Bertz CT molecular complexity index is 386. The summed E-state index contributed by atoms with van der Waals surface area (Å²) in [5, 5.41) is 13.0. The van der Waals surface area contributed by atoms with Gasteiger partial charge in [0, 0.05) is 19.1 Å². The molecule has 0 bridgehead atoms. The highest BCUT2D eigenvalue weighted by molar-refractivity contribution is 5.27. The second kappa shape index (κ2) is 6.92. The van der Waals surface area contributed by atoms with Gasteiger partial charge >= 0.3 is 0 Å². The number of hydrogen-bond donors (Lipinski definition) is 2. The maximum Gasteiger partial charge on any atom is 0.115 e. The summed E-state index contributed by atoms with van der Waals surface area (Å²) in [6, 6.07) is 8.16. The minimum atomic E-state index is 0.364. The van der Waals surface area contributed by atoms with Crippen LogP contribution in [0.2, 0.25) is 0 Å². The molecule has 2 rings (SSSR count). The van der Waals surface area contributed by atoms with Gasteiger partial charge in [-0.3, -0.25) is 4.90 Å². The molecule has 19 heavy (non-hydrogen) atoms. The topological polar surface area (TPSA) is 35.5 Å². The van der Waals surface area contributed by atoms with Gasteiger partial charge in [0.05, 0.1) is 0 Å². The van der Waals surface area contributed by atoms with Crippen molar-refractivity contribution in [2.24, 2.45) is 5.92 Å². The van der Waals surface area contributed by atoms with Crippen LogP contribution in [-0.4, -0.2) is 35.7 Å². The van der Waals surface area contributed by atoms with Gasteiger partial charge in [-0.15, -0.1) is 0 Å². The van der Waals surface area contributed by atoms with Gasteiger partial charge in [0.25, 0.3) is 0 Å². The first-order chi connectivity index (χ1) is 9.15. The van der Waals surface area contributed by atoms with Crippen LogP contribution in [0.5, 0.6) is 5.75 Å². The molecule has 1 aliphatic heterocycles. The van der Waals surface area contributed by atoms with E-state index in [0.29, 0.717) is 11.8 Å². The molecular weight excluding hydrogens is 236 g/mol. The molecule has 0 amide bonds. The van der Waals surface area contributed by atoms with E-state index in [1.54, 1.807) is 6.07 Å². The molecule has 1 heterocycles. The third-order valence-electron chi connectivity index (χ3n) is 3.98. The van der Waals surface area contributed by atoms with Crippen LogP contribution in [0, 0.1) is 5.92 Å². The first-order valence-corrected chi connectivity index (χ1v) is 7.38. The zero-order valence-electron chi connectivity index (χ0n) is 12.1. The maximum absolute atomic E-state index is 9.56. The number of nitrogens with one attached hydrogen (secondary N) is 1. The van der Waals surface area contributed by atoms with Gasteiger partial charge in [-0.05, 0) is 63.4 Å². The van der Waals surface area contributed by atoms with Crippen molar-refractivity contribution in [3.05, 3.63) is 29.8 Å². The molecule has 1 aromatic carbocycles. The van der Waals surface area contributed by atoms with E-state index in [-0.39, 0.29) is 0 Å². The van der Waals surface area contributed by atoms with E-state index in [1.807, 2.05) is 12.1 Å². The van der Waals surface area contributed by atoms with Gasteiger partial charge in [0.1, 0.15) is 5.75 Å². The van der Waals surface area contributed by atoms with Crippen molar-refractivity contribution >= 4 is 0 Å². The quantitative estimate of drug-likeness (QED) is 0.856.